The van der Waals surface area contributed by atoms with Crippen LogP contribution in [0.15, 0.2) is 0 Å². The van der Waals surface area contributed by atoms with Gasteiger partial charge in [0.2, 0.25) is 10.0 Å². The molecule has 0 aromatic heterocycles. The molecule has 118 valence electrons. The predicted octanol–water partition coefficient (Wildman–Crippen LogP) is 1.25. The normalized spacial score (nSPS) is 27.1. The smallest absolute Gasteiger partial charge is 0.211 e. The van der Waals surface area contributed by atoms with Crippen molar-refractivity contribution in [1.82, 2.24) is 10.0 Å². The lowest BCUT2D eigenvalue weighted by Gasteiger charge is -2.19. The lowest BCUT2D eigenvalue weighted by molar-refractivity contribution is 0.0848. The number of unbranched alkanes of at least 4 members (excludes halogenated alkanes) is 1. The van der Waals surface area contributed by atoms with Gasteiger partial charge >= 0.3 is 0 Å². The number of sulfonamides is 1. The van der Waals surface area contributed by atoms with Crippen LogP contribution in [0.25, 0.3) is 0 Å². The van der Waals surface area contributed by atoms with E-state index >= 15 is 0 Å². The van der Waals surface area contributed by atoms with Crippen molar-refractivity contribution in [1.29, 1.82) is 0 Å². The number of hydrogen-bond acceptors (Lipinski definition) is 4. The van der Waals surface area contributed by atoms with Crippen LogP contribution in [0.1, 0.15) is 45.4 Å². The van der Waals surface area contributed by atoms with Gasteiger partial charge in [0.25, 0.3) is 0 Å². The molecular weight excluding hydrogens is 276 g/mol. The van der Waals surface area contributed by atoms with Crippen LogP contribution in [-0.4, -0.2) is 46.0 Å². The van der Waals surface area contributed by atoms with Gasteiger partial charge in [0.1, 0.15) is 0 Å². The quantitative estimate of drug-likeness (QED) is 0.596. The summed E-state index contributed by atoms with van der Waals surface area (Å²) in [4.78, 5) is 0. The Morgan fingerprint density at radius 2 is 1.95 bits per heavy atom. The Labute approximate surface area is 122 Å². The van der Waals surface area contributed by atoms with Crippen LogP contribution < -0.4 is 10.0 Å². The van der Waals surface area contributed by atoms with Crippen LogP contribution >= 0.6 is 0 Å². The average molecular weight is 304 g/mol. The maximum absolute atomic E-state index is 12.1. The van der Waals surface area contributed by atoms with Gasteiger partial charge in [0.05, 0.1) is 17.9 Å². The molecule has 0 aromatic rings. The summed E-state index contributed by atoms with van der Waals surface area (Å²) in [6.07, 6.45) is 6.05. The Morgan fingerprint density at radius 3 is 2.65 bits per heavy atom. The van der Waals surface area contributed by atoms with Crippen molar-refractivity contribution in [2.24, 2.45) is 5.92 Å². The highest BCUT2D eigenvalue weighted by molar-refractivity contribution is 7.89. The summed E-state index contributed by atoms with van der Waals surface area (Å²) in [5, 5.41) is 3.29. The topological polar surface area (TPSA) is 67.4 Å². The van der Waals surface area contributed by atoms with E-state index in [4.69, 9.17) is 4.74 Å². The Kier molecular flexibility index (Phi) is 6.26. The van der Waals surface area contributed by atoms with E-state index in [0.29, 0.717) is 18.9 Å². The first-order valence-corrected chi connectivity index (χ1v) is 9.60. The van der Waals surface area contributed by atoms with E-state index in [-0.39, 0.29) is 17.9 Å². The molecule has 20 heavy (non-hydrogen) atoms. The Morgan fingerprint density at radius 1 is 1.15 bits per heavy atom. The van der Waals surface area contributed by atoms with Crippen molar-refractivity contribution < 1.29 is 13.2 Å². The fraction of sp³-hybridized carbons (Fsp3) is 1.00. The third kappa shape index (κ3) is 5.31. The second kappa shape index (κ2) is 7.73. The molecule has 2 rings (SSSR count). The highest BCUT2D eigenvalue weighted by Crippen LogP contribution is 2.38. The van der Waals surface area contributed by atoms with Crippen molar-refractivity contribution in [2.45, 2.75) is 57.6 Å². The molecule has 1 aliphatic carbocycles. The van der Waals surface area contributed by atoms with Crippen molar-refractivity contribution in [3.63, 3.8) is 0 Å². The maximum atomic E-state index is 12.1. The van der Waals surface area contributed by atoms with Crippen LogP contribution in [0.5, 0.6) is 0 Å². The third-order valence-corrected chi connectivity index (χ3v) is 5.48. The van der Waals surface area contributed by atoms with Gasteiger partial charge in [0.15, 0.2) is 0 Å². The molecular formula is C14H28N2O3S. The monoisotopic (exact) mass is 304 g/mol. The highest BCUT2D eigenvalue weighted by Gasteiger charge is 2.41. The summed E-state index contributed by atoms with van der Waals surface area (Å²) < 4.78 is 32.7. The van der Waals surface area contributed by atoms with E-state index in [9.17, 15) is 8.42 Å². The van der Waals surface area contributed by atoms with Gasteiger partial charge in [-0.25, -0.2) is 13.1 Å². The SMILES string of the molecule is CCCNCCCCS(=O)(=O)NC1CCOC1C1CC1. The summed E-state index contributed by atoms with van der Waals surface area (Å²) in [5.41, 5.74) is 0. The second-order valence-electron chi connectivity index (χ2n) is 5.96. The van der Waals surface area contributed by atoms with Crippen LogP contribution in [0, 0.1) is 5.92 Å². The molecule has 2 atom stereocenters. The largest absolute Gasteiger partial charge is 0.376 e. The zero-order valence-electron chi connectivity index (χ0n) is 12.4. The predicted molar refractivity (Wildman–Crippen MR) is 80.2 cm³/mol. The lowest BCUT2D eigenvalue weighted by atomic mass is 10.1. The highest BCUT2D eigenvalue weighted by atomic mass is 32.2. The molecule has 1 aliphatic heterocycles. The molecule has 0 aromatic carbocycles. The van der Waals surface area contributed by atoms with Gasteiger partial charge < -0.3 is 10.1 Å². The number of hydrogen-bond donors (Lipinski definition) is 2. The van der Waals surface area contributed by atoms with Gasteiger partial charge in [-0.05, 0) is 57.5 Å². The Hall–Kier alpha value is -0.170. The minimum absolute atomic E-state index is 0.00529. The minimum Gasteiger partial charge on any atom is -0.376 e. The van der Waals surface area contributed by atoms with E-state index < -0.39 is 10.0 Å². The Bertz CT molecular complexity index is 382. The van der Waals surface area contributed by atoms with Crippen LogP contribution in [-0.2, 0) is 14.8 Å². The van der Waals surface area contributed by atoms with Crippen LogP contribution in [0.4, 0.5) is 0 Å². The molecule has 2 unspecified atom stereocenters. The lowest BCUT2D eigenvalue weighted by Crippen LogP contribution is -2.42. The standard InChI is InChI=1S/C14H28N2O3S/c1-2-8-15-9-3-4-11-20(17,18)16-13-7-10-19-14(13)12-5-6-12/h12-16H,2-11H2,1H3. The fourth-order valence-corrected chi connectivity index (χ4v) is 4.18. The molecule has 0 spiro atoms. The first kappa shape index (κ1) is 16.2. The minimum atomic E-state index is -3.15. The van der Waals surface area contributed by atoms with Crippen LogP contribution in [0.2, 0.25) is 0 Å². The molecule has 0 amide bonds. The summed E-state index contributed by atoms with van der Waals surface area (Å²) in [6.45, 7) is 4.73. The second-order valence-corrected chi connectivity index (χ2v) is 7.84. The van der Waals surface area contributed by atoms with Crippen molar-refractivity contribution in [2.75, 3.05) is 25.4 Å². The summed E-state index contributed by atoms with van der Waals surface area (Å²) in [6, 6.07) is 0.00529. The molecule has 0 bridgehead atoms. The average Bonchev–Trinajstić information content (AvgIpc) is 3.15. The van der Waals surface area contributed by atoms with Crippen molar-refractivity contribution >= 4 is 10.0 Å². The zero-order chi connectivity index (χ0) is 14.4. The van der Waals surface area contributed by atoms with Gasteiger partial charge in [-0.1, -0.05) is 6.92 Å². The Balaban J connectivity index is 1.65. The number of nitrogens with one attached hydrogen (secondary N) is 2. The molecule has 5 nitrogen and oxygen atoms in total. The third-order valence-electron chi connectivity index (χ3n) is 4.00. The zero-order valence-corrected chi connectivity index (χ0v) is 13.3. The van der Waals surface area contributed by atoms with Gasteiger partial charge in [-0.15, -0.1) is 0 Å². The first-order valence-electron chi connectivity index (χ1n) is 7.94. The summed E-state index contributed by atoms with van der Waals surface area (Å²) in [7, 11) is -3.15. The molecule has 6 heteroatoms. The summed E-state index contributed by atoms with van der Waals surface area (Å²) >= 11 is 0. The van der Waals surface area contributed by atoms with Crippen molar-refractivity contribution in [3.8, 4) is 0 Å². The van der Waals surface area contributed by atoms with Gasteiger partial charge in [-0.2, -0.15) is 0 Å². The fourth-order valence-electron chi connectivity index (χ4n) is 2.76. The maximum Gasteiger partial charge on any atom is 0.211 e. The molecule has 1 heterocycles. The van der Waals surface area contributed by atoms with Gasteiger partial charge in [-0.3, -0.25) is 0 Å². The number of ether oxygens (including phenoxy) is 1. The van der Waals surface area contributed by atoms with Gasteiger partial charge in [0, 0.05) is 6.61 Å². The van der Waals surface area contributed by atoms with E-state index in [2.05, 4.69) is 17.0 Å². The van der Waals surface area contributed by atoms with Crippen molar-refractivity contribution in [3.05, 3.63) is 0 Å². The van der Waals surface area contributed by atoms with Crippen LogP contribution in [0.3, 0.4) is 0 Å². The molecule has 1 saturated carbocycles. The molecule has 2 aliphatic rings. The van der Waals surface area contributed by atoms with E-state index in [1.807, 2.05) is 0 Å². The molecule has 0 radical (unpaired) electrons. The van der Waals surface area contributed by atoms with E-state index in [0.717, 1.165) is 32.4 Å². The molecule has 2 fully saturated rings. The number of rotatable bonds is 10. The van der Waals surface area contributed by atoms with E-state index in [1.54, 1.807) is 0 Å². The first-order chi connectivity index (χ1) is 9.62. The molecule has 2 N–H and O–H groups in total. The summed E-state index contributed by atoms with van der Waals surface area (Å²) in [5.74, 6) is 0.817. The van der Waals surface area contributed by atoms with E-state index in [1.165, 1.54) is 12.8 Å². The molecule has 1 saturated heterocycles.